The molecule has 1 atom stereocenters. The van der Waals surface area contributed by atoms with Crippen LogP contribution in [0.5, 0.6) is 11.5 Å². The third kappa shape index (κ3) is 3.07. The molecule has 0 saturated heterocycles. The van der Waals surface area contributed by atoms with Crippen LogP contribution < -0.4 is 9.47 Å². The van der Waals surface area contributed by atoms with Gasteiger partial charge in [-0.3, -0.25) is 4.99 Å². The number of halogens is 3. The highest BCUT2D eigenvalue weighted by Gasteiger charge is 2.30. The van der Waals surface area contributed by atoms with Crippen molar-refractivity contribution in [3.8, 4) is 11.5 Å². The maximum absolute atomic E-state index is 12.6. The van der Waals surface area contributed by atoms with Crippen molar-refractivity contribution < 1.29 is 22.6 Å². The molecular weight excluding hydrogens is 343 g/mol. The largest absolute Gasteiger partial charge is 0.454 e. The fraction of sp³-hybridized carbons (Fsp3) is 0.250. The van der Waals surface area contributed by atoms with Gasteiger partial charge in [-0.2, -0.15) is 13.2 Å². The summed E-state index contributed by atoms with van der Waals surface area (Å²) in [4.78, 5) is 4.60. The first-order valence-electron chi connectivity index (χ1n) is 8.25. The van der Waals surface area contributed by atoms with Crippen LogP contribution in [-0.2, 0) is 6.18 Å². The zero-order valence-electron chi connectivity index (χ0n) is 14.0. The number of allylic oxidation sites excluding steroid dienone is 1. The van der Waals surface area contributed by atoms with E-state index in [0.29, 0.717) is 17.9 Å². The lowest BCUT2D eigenvalue weighted by Crippen LogP contribution is -2.14. The Balaban J connectivity index is 1.62. The van der Waals surface area contributed by atoms with Gasteiger partial charge in [0, 0.05) is 18.0 Å². The first kappa shape index (κ1) is 16.7. The van der Waals surface area contributed by atoms with Crippen LogP contribution in [0.25, 0.3) is 6.08 Å². The van der Waals surface area contributed by atoms with E-state index in [1.807, 2.05) is 18.2 Å². The van der Waals surface area contributed by atoms with E-state index < -0.39 is 11.7 Å². The summed E-state index contributed by atoms with van der Waals surface area (Å²) in [6.45, 7) is 2.96. The van der Waals surface area contributed by atoms with Crippen LogP contribution in [0, 0.1) is 0 Å². The molecule has 0 aromatic heterocycles. The summed E-state index contributed by atoms with van der Waals surface area (Å²) >= 11 is 0. The highest BCUT2D eigenvalue weighted by molar-refractivity contribution is 6.12. The fourth-order valence-corrected chi connectivity index (χ4v) is 3.11. The molecule has 134 valence electrons. The van der Waals surface area contributed by atoms with Gasteiger partial charge in [0.2, 0.25) is 6.79 Å². The van der Waals surface area contributed by atoms with E-state index in [9.17, 15) is 13.2 Å². The summed E-state index contributed by atoms with van der Waals surface area (Å²) in [5.41, 5.74) is 2.92. The number of hydrogen-bond donors (Lipinski definition) is 0. The standard InChI is InChI=1S/C20H16F3NO2/c1-12-10-24-17(16-9-19-18(8-15(12)16)25-11-26-19)7-4-13-2-5-14(6-3-13)20(21,22)23/h2-9,12H,10-11H2,1H3. The summed E-state index contributed by atoms with van der Waals surface area (Å²) in [7, 11) is 0. The van der Waals surface area contributed by atoms with E-state index in [0.717, 1.165) is 34.7 Å². The fourth-order valence-electron chi connectivity index (χ4n) is 3.11. The zero-order valence-corrected chi connectivity index (χ0v) is 14.0. The number of hydrogen-bond acceptors (Lipinski definition) is 3. The minimum Gasteiger partial charge on any atom is -0.454 e. The van der Waals surface area contributed by atoms with Gasteiger partial charge >= 0.3 is 6.18 Å². The van der Waals surface area contributed by atoms with Gasteiger partial charge in [0.05, 0.1) is 11.3 Å². The molecule has 0 N–H and O–H groups in total. The second kappa shape index (κ2) is 6.20. The number of nitrogens with zero attached hydrogens (tertiary/aromatic N) is 1. The maximum atomic E-state index is 12.6. The van der Waals surface area contributed by atoms with E-state index in [1.165, 1.54) is 12.1 Å². The molecule has 26 heavy (non-hydrogen) atoms. The van der Waals surface area contributed by atoms with E-state index in [1.54, 1.807) is 6.08 Å². The van der Waals surface area contributed by atoms with Crippen molar-refractivity contribution in [2.45, 2.75) is 19.0 Å². The molecule has 2 aromatic carbocycles. The van der Waals surface area contributed by atoms with Crippen molar-refractivity contribution in [2.75, 3.05) is 13.3 Å². The summed E-state index contributed by atoms with van der Waals surface area (Å²) in [6, 6.07) is 8.97. The number of benzene rings is 2. The molecule has 2 aliphatic rings. The first-order valence-corrected chi connectivity index (χ1v) is 8.25. The lowest BCUT2D eigenvalue weighted by atomic mass is 9.89. The average Bonchev–Trinajstić information content (AvgIpc) is 3.07. The van der Waals surface area contributed by atoms with Crippen LogP contribution >= 0.6 is 0 Å². The molecule has 2 heterocycles. The third-order valence-electron chi connectivity index (χ3n) is 4.56. The van der Waals surface area contributed by atoms with Gasteiger partial charge < -0.3 is 9.47 Å². The highest BCUT2D eigenvalue weighted by Crippen LogP contribution is 2.39. The number of rotatable bonds is 2. The number of aliphatic imine (C=N–C) groups is 1. The second-order valence-electron chi connectivity index (χ2n) is 6.37. The van der Waals surface area contributed by atoms with E-state index >= 15 is 0 Å². The SMILES string of the molecule is CC1CN=C(C=Cc2ccc(C(F)(F)F)cc2)c2cc3c(cc21)OCO3. The highest BCUT2D eigenvalue weighted by atomic mass is 19.4. The molecular formula is C20H16F3NO2. The van der Waals surface area contributed by atoms with Crippen LogP contribution in [0.3, 0.4) is 0 Å². The van der Waals surface area contributed by atoms with Crippen LogP contribution in [-0.4, -0.2) is 19.0 Å². The molecule has 0 aliphatic carbocycles. The van der Waals surface area contributed by atoms with Gasteiger partial charge in [-0.15, -0.1) is 0 Å². The molecule has 2 aliphatic heterocycles. The zero-order chi connectivity index (χ0) is 18.3. The van der Waals surface area contributed by atoms with Crippen LogP contribution in [0.4, 0.5) is 13.2 Å². The quantitative estimate of drug-likeness (QED) is 0.751. The van der Waals surface area contributed by atoms with E-state index in [4.69, 9.17) is 9.47 Å². The molecule has 0 saturated carbocycles. The van der Waals surface area contributed by atoms with Crippen LogP contribution in [0.1, 0.15) is 35.1 Å². The third-order valence-corrected chi connectivity index (χ3v) is 4.56. The van der Waals surface area contributed by atoms with Gasteiger partial charge in [0.25, 0.3) is 0 Å². The monoisotopic (exact) mass is 359 g/mol. The van der Waals surface area contributed by atoms with Gasteiger partial charge in [-0.1, -0.05) is 25.1 Å². The van der Waals surface area contributed by atoms with Gasteiger partial charge in [-0.05, 0) is 41.5 Å². The molecule has 3 nitrogen and oxygen atoms in total. The maximum Gasteiger partial charge on any atom is 0.416 e. The molecule has 0 amide bonds. The summed E-state index contributed by atoms with van der Waals surface area (Å²) in [5, 5.41) is 0. The first-order chi connectivity index (χ1) is 12.4. The molecule has 0 fully saturated rings. The Kier molecular flexibility index (Phi) is 3.98. The van der Waals surface area contributed by atoms with Gasteiger partial charge in [0.1, 0.15) is 0 Å². The minimum atomic E-state index is -4.33. The Bertz CT molecular complexity index is 899. The Morgan fingerprint density at radius 1 is 1.04 bits per heavy atom. The lowest BCUT2D eigenvalue weighted by molar-refractivity contribution is -0.137. The predicted molar refractivity (Wildman–Crippen MR) is 92.9 cm³/mol. The Hall–Kier alpha value is -2.76. The van der Waals surface area contributed by atoms with E-state index in [-0.39, 0.29) is 12.7 Å². The van der Waals surface area contributed by atoms with Gasteiger partial charge in [0.15, 0.2) is 11.5 Å². The molecule has 2 aromatic rings. The van der Waals surface area contributed by atoms with Gasteiger partial charge in [-0.25, -0.2) is 0 Å². The Morgan fingerprint density at radius 3 is 2.42 bits per heavy atom. The number of ether oxygens (including phenoxy) is 2. The van der Waals surface area contributed by atoms with Crippen LogP contribution in [0.2, 0.25) is 0 Å². The molecule has 0 spiro atoms. The van der Waals surface area contributed by atoms with Crippen molar-refractivity contribution in [2.24, 2.45) is 4.99 Å². The topological polar surface area (TPSA) is 30.8 Å². The number of fused-ring (bicyclic) bond motifs is 2. The van der Waals surface area contributed by atoms with Crippen LogP contribution in [0.15, 0.2) is 47.5 Å². The second-order valence-corrected chi connectivity index (χ2v) is 6.37. The molecule has 6 heteroatoms. The average molecular weight is 359 g/mol. The number of alkyl halides is 3. The lowest BCUT2D eigenvalue weighted by Gasteiger charge is -2.21. The van der Waals surface area contributed by atoms with Crippen molar-refractivity contribution >= 4 is 11.8 Å². The summed E-state index contributed by atoms with van der Waals surface area (Å²) < 4.78 is 48.8. The Morgan fingerprint density at radius 2 is 1.73 bits per heavy atom. The predicted octanol–water partition coefficient (Wildman–Crippen LogP) is 5.05. The van der Waals surface area contributed by atoms with Crippen molar-refractivity contribution in [1.29, 1.82) is 0 Å². The normalized spacial score (nSPS) is 18.8. The molecule has 0 radical (unpaired) electrons. The molecule has 1 unspecified atom stereocenters. The molecule has 0 bridgehead atoms. The van der Waals surface area contributed by atoms with E-state index in [2.05, 4.69) is 11.9 Å². The van der Waals surface area contributed by atoms with Crippen molar-refractivity contribution in [1.82, 2.24) is 0 Å². The Labute approximate surface area is 148 Å². The summed E-state index contributed by atoms with van der Waals surface area (Å²) in [5.74, 6) is 1.69. The summed E-state index contributed by atoms with van der Waals surface area (Å²) in [6.07, 6.45) is -0.730. The van der Waals surface area contributed by atoms with Crippen molar-refractivity contribution in [3.05, 3.63) is 64.7 Å². The van der Waals surface area contributed by atoms with Crippen molar-refractivity contribution in [3.63, 3.8) is 0 Å². The minimum absolute atomic E-state index is 0.209. The molecule has 4 rings (SSSR count). The smallest absolute Gasteiger partial charge is 0.416 e.